The summed E-state index contributed by atoms with van der Waals surface area (Å²) < 4.78 is 0. The Labute approximate surface area is 108 Å². The van der Waals surface area contributed by atoms with Gasteiger partial charge in [-0.25, -0.2) is 0 Å². The van der Waals surface area contributed by atoms with Gasteiger partial charge in [-0.3, -0.25) is 4.79 Å². The van der Waals surface area contributed by atoms with Crippen molar-refractivity contribution in [3.05, 3.63) is 45.1 Å². The van der Waals surface area contributed by atoms with E-state index in [1.165, 1.54) is 11.3 Å². The molecule has 0 aliphatic rings. The number of anilines is 2. The molecule has 88 valence electrons. The third kappa shape index (κ3) is 2.60. The SMILES string of the molecule is Cc1ccsc1C(=O)Nc1cc(Cl)ccc1N. The molecule has 0 spiro atoms. The van der Waals surface area contributed by atoms with E-state index < -0.39 is 0 Å². The average Bonchev–Trinajstić information content (AvgIpc) is 2.70. The number of rotatable bonds is 2. The van der Waals surface area contributed by atoms with E-state index in [0.717, 1.165) is 5.56 Å². The summed E-state index contributed by atoms with van der Waals surface area (Å²) in [6, 6.07) is 6.89. The Morgan fingerprint density at radius 1 is 1.41 bits per heavy atom. The highest BCUT2D eigenvalue weighted by Gasteiger charge is 2.12. The van der Waals surface area contributed by atoms with Crippen LogP contribution in [0.3, 0.4) is 0 Å². The molecule has 3 N–H and O–H groups in total. The van der Waals surface area contributed by atoms with Gasteiger partial charge in [0.1, 0.15) is 0 Å². The number of hydrogen-bond acceptors (Lipinski definition) is 3. The van der Waals surface area contributed by atoms with Gasteiger partial charge in [0.25, 0.3) is 5.91 Å². The van der Waals surface area contributed by atoms with Crippen molar-refractivity contribution in [2.24, 2.45) is 0 Å². The van der Waals surface area contributed by atoms with Crippen molar-refractivity contribution in [2.45, 2.75) is 6.92 Å². The fourth-order valence-corrected chi connectivity index (χ4v) is 2.41. The highest BCUT2D eigenvalue weighted by Crippen LogP contribution is 2.24. The van der Waals surface area contributed by atoms with Gasteiger partial charge in [-0.2, -0.15) is 0 Å². The molecule has 1 aromatic carbocycles. The third-order valence-electron chi connectivity index (χ3n) is 2.33. The standard InChI is InChI=1S/C12H11ClN2OS/c1-7-4-5-17-11(7)12(16)15-10-6-8(13)2-3-9(10)14/h2-6H,14H2,1H3,(H,15,16). The highest BCUT2D eigenvalue weighted by atomic mass is 35.5. The van der Waals surface area contributed by atoms with E-state index >= 15 is 0 Å². The third-order valence-corrected chi connectivity index (χ3v) is 3.58. The summed E-state index contributed by atoms with van der Waals surface area (Å²) in [5, 5.41) is 5.18. The molecule has 1 aromatic heterocycles. The van der Waals surface area contributed by atoms with E-state index in [0.29, 0.717) is 21.3 Å². The number of nitrogens with one attached hydrogen (secondary N) is 1. The number of benzene rings is 1. The Morgan fingerprint density at radius 3 is 2.82 bits per heavy atom. The lowest BCUT2D eigenvalue weighted by atomic mass is 10.2. The van der Waals surface area contributed by atoms with Crippen LogP contribution in [0.1, 0.15) is 15.2 Å². The quantitative estimate of drug-likeness (QED) is 0.817. The molecule has 0 saturated heterocycles. The number of thiophene rings is 1. The molecule has 0 atom stereocenters. The number of halogens is 1. The normalized spacial score (nSPS) is 10.2. The fraction of sp³-hybridized carbons (Fsp3) is 0.0833. The molecule has 0 radical (unpaired) electrons. The maximum atomic E-state index is 12.0. The van der Waals surface area contributed by atoms with E-state index in [1.807, 2.05) is 18.4 Å². The summed E-state index contributed by atoms with van der Waals surface area (Å²) in [7, 11) is 0. The number of carbonyl (C=O) groups is 1. The van der Waals surface area contributed by atoms with Gasteiger partial charge < -0.3 is 11.1 Å². The fourth-order valence-electron chi connectivity index (χ4n) is 1.42. The molecule has 1 heterocycles. The molecule has 17 heavy (non-hydrogen) atoms. The minimum Gasteiger partial charge on any atom is -0.397 e. The van der Waals surface area contributed by atoms with E-state index in [9.17, 15) is 4.79 Å². The number of amides is 1. The Morgan fingerprint density at radius 2 is 2.18 bits per heavy atom. The van der Waals surface area contributed by atoms with Gasteiger partial charge in [0, 0.05) is 5.02 Å². The zero-order valence-electron chi connectivity index (χ0n) is 9.16. The monoisotopic (exact) mass is 266 g/mol. The van der Waals surface area contributed by atoms with Crippen LogP contribution in [-0.2, 0) is 0 Å². The van der Waals surface area contributed by atoms with Crippen LogP contribution in [0.4, 0.5) is 11.4 Å². The van der Waals surface area contributed by atoms with Gasteiger partial charge in [0.2, 0.25) is 0 Å². The molecule has 2 rings (SSSR count). The zero-order valence-corrected chi connectivity index (χ0v) is 10.7. The largest absolute Gasteiger partial charge is 0.397 e. The molecule has 3 nitrogen and oxygen atoms in total. The summed E-state index contributed by atoms with van der Waals surface area (Å²) in [5.41, 5.74) is 7.75. The van der Waals surface area contributed by atoms with Gasteiger partial charge in [-0.15, -0.1) is 11.3 Å². The summed E-state index contributed by atoms with van der Waals surface area (Å²) in [6.07, 6.45) is 0. The first-order chi connectivity index (χ1) is 8.08. The molecule has 1 amide bonds. The van der Waals surface area contributed by atoms with Crippen LogP contribution in [0.25, 0.3) is 0 Å². The van der Waals surface area contributed by atoms with Gasteiger partial charge in [0.05, 0.1) is 16.3 Å². The van der Waals surface area contributed by atoms with Gasteiger partial charge in [-0.1, -0.05) is 11.6 Å². The Kier molecular flexibility index (Phi) is 3.36. The Bertz CT molecular complexity index is 565. The van der Waals surface area contributed by atoms with Crippen LogP contribution in [0.15, 0.2) is 29.6 Å². The van der Waals surface area contributed by atoms with Crippen molar-refractivity contribution in [1.29, 1.82) is 0 Å². The first-order valence-corrected chi connectivity index (χ1v) is 6.24. The van der Waals surface area contributed by atoms with Gasteiger partial charge in [-0.05, 0) is 42.1 Å². The Balaban J connectivity index is 2.24. The van der Waals surface area contributed by atoms with E-state index in [-0.39, 0.29) is 5.91 Å². The van der Waals surface area contributed by atoms with Crippen molar-refractivity contribution >= 4 is 40.2 Å². The van der Waals surface area contributed by atoms with Crippen LogP contribution in [0.2, 0.25) is 5.02 Å². The van der Waals surface area contributed by atoms with Gasteiger partial charge >= 0.3 is 0 Å². The van der Waals surface area contributed by atoms with Crippen molar-refractivity contribution in [1.82, 2.24) is 0 Å². The second-order valence-corrected chi connectivity index (χ2v) is 4.97. The van der Waals surface area contributed by atoms with Crippen molar-refractivity contribution in [3.8, 4) is 0 Å². The van der Waals surface area contributed by atoms with Crippen LogP contribution in [-0.4, -0.2) is 5.91 Å². The molecule has 0 saturated carbocycles. The first kappa shape index (κ1) is 12.0. The van der Waals surface area contributed by atoms with E-state index in [4.69, 9.17) is 17.3 Å². The minimum absolute atomic E-state index is 0.161. The predicted molar refractivity (Wildman–Crippen MR) is 72.9 cm³/mol. The summed E-state index contributed by atoms with van der Waals surface area (Å²) in [6.45, 7) is 1.90. The maximum Gasteiger partial charge on any atom is 0.266 e. The summed E-state index contributed by atoms with van der Waals surface area (Å²) >= 11 is 7.25. The lowest BCUT2D eigenvalue weighted by molar-refractivity contribution is 0.103. The van der Waals surface area contributed by atoms with E-state index in [2.05, 4.69) is 5.32 Å². The molecule has 5 heteroatoms. The van der Waals surface area contributed by atoms with Crippen LogP contribution < -0.4 is 11.1 Å². The molecule has 0 aliphatic heterocycles. The van der Waals surface area contributed by atoms with Crippen molar-refractivity contribution in [3.63, 3.8) is 0 Å². The number of aryl methyl sites for hydroxylation is 1. The second kappa shape index (κ2) is 4.77. The summed E-state index contributed by atoms with van der Waals surface area (Å²) in [5.74, 6) is -0.161. The van der Waals surface area contributed by atoms with Gasteiger partial charge in [0.15, 0.2) is 0 Å². The average molecular weight is 267 g/mol. The molecule has 0 unspecified atom stereocenters. The first-order valence-electron chi connectivity index (χ1n) is 4.98. The van der Waals surface area contributed by atoms with Crippen LogP contribution >= 0.6 is 22.9 Å². The molecular formula is C12H11ClN2OS. The highest BCUT2D eigenvalue weighted by molar-refractivity contribution is 7.12. The lowest BCUT2D eigenvalue weighted by Crippen LogP contribution is -2.12. The zero-order chi connectivity index (χ0) is 12.4. The lowest BCUT2D eigenvalue weighted by Gasteiger charge is -2.08. The second-order valence-electron chi connectivity index (χ2n) is 3.62. The molecule has 0 fully saturated rings. The smallest absolute Gasteiger partial charge is 0.266 e. The number of hydrogen-bond donors (Lipinski definition) is 2. The summed E-state index contributed by atoms with van der Waals surface area (Å²) in [4.78, 5) is 12.6. The van der Waals surface area contributed by atoms with Crippen LogP contribution in [0.5, 0.6) is 0 Å². The van der Waals surface area contributed by atoms with Crippen molar-refractivity contribution in [2.75, 3.05) is 11.1 Å². The number of nitrogen functional groups attached to an aromatic ring is 1. The Hall–Kier alpha value is -1.52. The molecule has 0 aliphatic carbocycles. The molecular weight excluding hydrogens is 256 g/mol. The molecule has 0 bridgehead atoms. The van der Waals surface area contributed by atoms with Crippen molar-refractivity contribution < 1.29 is 4.79 Å². The number of nitrogens with two attached hydrogens (primary N) is 1. The number of carbonyl (C=O) groups excluding carboxylic acids is 1. The maximum absolute atomic E-state index is 12.0. The topological polar surface area (TPSA) is 55.1 Å². The van der Waals surface area contributed by atoms with E-state index in [1.54, 1.807) is 18.2 Å². The minimum atomic E-state index is -0.161. The molecule has 2 aromatic rings. The predicted octanol–water partition coefficient (Wildman–Crippen LogP) is 3.54. The van der Waals surface area contributed by atoms with Crippen LogP contribution in [0, 0.1) is 6.92 Å².